The van der Waals surface area contributed by atoms with Gasteiger partial charge in [-0.2, -0.15) is 0 Å². The molecule has 0 fully saturated rings. The predicted octanol–water partition coefficient (Wildman–Crippen LogP) is 4.74. The standard InChI is InChI=1S/C17H28O/c1-13(17(5,6)12-16(2,3)4)15-9-7-14(11-18)8-10-15/h7-10,13,18H,11-12H2,1-6H3. The van der Waals surface area contributed by atoms with Gasteiger partial charge in [0.25, 0.3) is 0 Å². The van der Waals surface area contributed by atoms with Crippen LogP contribution in [0.25, 0.3) is 0 Å². The average Bonchev–Trinajstić information content (AvgIpc) is 2.25. The highest BCUT2D eigenvalue weighted by molar-refractivity contribution is 5.26. The van der Waals surface area contributed by atoms with E-state index < -0.39 is 0 Å². The third-order valence-electron chi connectivity index (χ3n) is 3.82. The highest BCUT2D eigenvalue weighted by Gasteiger charge is 2.31. The van der Waals surface area contributed by atoms with Crippen molar-refractivity contribution in [1.29, 1.82) is 0 Å². The zero-order chi connectivity index (χ0) is 14.0. The number of aliphatic hydroxyl groups is 1. The van der Waals surface area contributed by atoms with Crippen LogP contribution in [0.15, 0.2) is 24.3 Å². The molecule has 0 spiro atoms. The van der Waals surface area contributed by atoms with E-state index in [1.807, 2.05) is 12.1 Å². The van der Waals surface area contributed by atoms with E-state index in [-0.39, 0.29) is 12.0 Å². The van der Waals surface area contributed by atoms with Crippen LogP contribution in [0, 0.1) is 10.8 Å². The molecule has 0 aliphatic rings. The molecule has 0 amide bonds. The van der Waals surface area contributed by atoms with E-state index in [1.165, 1.54) is 12.0 Å². The Bertz CT molecular complexity index is 368. The summed E-state index contributed by atoms with van der Waals surface area (Å²) in [6.07, 6.45) is 1.20. The van der Waals surface area contributed by atoms with Crippen molar-refractivity contribution in [2.75, 3.05) is 0 Å². The highest BCUT2D eigenvalue weighted by atomic mass is 16.3. The first kappa shape index (κ1) is 15.2. The van der Waals surface area contributed by atoms with Crippen molar-refractivity contribution in [2.45, 2.75) is 60.5 Å². The van der Waals surface area contributed by atoms with Crippen LogP contribution >= 0.6 is 0 Å². The number of aliphatic hydroxyl groups excluding tert-OH is 1. The smallest absolute Gasteiger partial charge is 0.0681 e. The quantitative estimate of drug-likeness (QED) is 0.815. The molecule has 0 radical (unpaired) electrons. The van der Waals surface area contributed by atoms with E-state index in [2.05, 4.69) is 53.7 Å². The number of hydrogen-bond donors (Lipinski definition) is 1. The van der Waals surface area contributed by atoms with Gasteiger partial charge in [-0.3, -0.25) is 0 Å². The second kappa shape index (κ2) is 5.44. The SMILES string of the molecule is CC(c1ccc(CO)cc1)C(C)(C)CC(C)(C)C. The molecule has 0 bridgehead atoms. The Balaban J connectivity index is 2.87. The Labute approximate surface area is 112 Å². The molecule has 1 aromatic carbocycles. The van der Waals surface area contributed by atoms with Gasteiger partial charge in [0, 0.05) is 0 Å². The Morgan fingerprint density at radius 2 is 1.50 bits per heavy atom. The van der Waals surface area contributed by atoms with Gasteiger partial charge in [-0.05, 0) is 34.3 Å². The lowest BCUT2D eigenvalue weighted by molar-refractivity contribution is 0.181. The molecule has 1 heteroatoms. The number of hydrogen-bond acceptors (Lipinski definition) is 1. The Hall–Kier alpha value is -0.820. The molecule has 0 heterocycles. The van der Waals surface area contributed by atoms with Crippen molar-refractivity contribution < 1.29 is 5.11 Å². The van der Waals surface area contributed by atoms with Crippen LogP contribution in [0.3, 0.4) is 0 Å². The van der Waals surface area contributed by atoms with Crippen molar-refractivity contribution in [2.24, 2.45) is 10.8 Å². The fraction of sp³-hybridized carbons (Fsp3) is 0.647. The molecule has 0 saturated heterocycles. The minimum absolute atomic E-state index is 0.125. The van der Waals surface area contributed by atoms with Gasteiger partial charge < -0.3 is 5.11 Å². The highest BCUT2D eigenvalue weighted by Crippen LogP contribution is 2.43. The van der Waals surface area contributed by atoms with Crippen LogP contribution in [0.1, 0.15) is 65.0 Å². The zero-order valence-electron chi connectivity index (χ0n) is 12.7. The monoisotopic (exact) mass is 248 g/mol. The van der Waals surface area contributed by atoms with Gasteiger partial charge in [0.05, 0.1) is 6.61 Å². The van der Waals surface area contributed by atoms with Gasteiger partial charge in [-0.25, -0.2) is 0 Å². The van der Waals surface area contributed by atoms with Crippen molar-refractivity contribution in [3.63, 3.8) is 0 Å². The minimum atomic E-state index is 0.125. The van der Waals surface area contributed by atoms with Gasteiger partial charge in [-0.1, -0.05) is 65.8 Å². The van der Waals surface area contributed by atoms with E-state index in [0.29, 0.717) is 11.3 Å². The summed E-state index contributed by atoms with van der Waals surface area (Å²) in [5.74, 6) is 0.518. The molecule has 1 N–H and O–H groups in total. The van der Waals surface area contributed by atoms with Crippen molar-refractivity contribution in [3.8, 4) is 0 Å². The van der Waals surface area contributed by atoms with Gasteiger partial charge in [-0.15, -0.1) is 0 Å². The van der Waals surface area contributed by atoms with Crippen molar-refractivity contribution in [1.82, 2.24) is 0 Å². The molecule has 18 heavy (non-hydrogen) atoms. The second-order valence-corrected chi connectivity index (χ2v) is 7.35. The topological polar surface area (TPSA) is 20.2 Å². The van der Waals surface area contributed by atoms with Crippen molar-refractivity contribution >= 4 is 0 Å². The Morgan fingerprint density at radius 1 is 1.00 bits per heavy atom. The van der Waals surface area contributed by atoms with Crippen molar-refractivity contribution in [3.05, 3.63) is 35.4 Å². The summed E-state index contributed by atoms with van der Waals surface area (Å²) >= 11 is 0. The second-order valence-electron chi connectivity index (χ2n) is 7.35. The van der Waals surface area contributed by atoms with Crippen LogP contribution in [0.5, 0.6) is 0 Å². The summed E-state index contributed by atoms with van der Waals surface area (Å²) in [4.78, 5) is 0. The molecule has 1 rings (SSSR count). The third-order valence-corrected chi connectivity index (χ3v) is 3.82. The molecule has 1 aromatic rings. The molecule has 1 atom stereocenters. The molecule has 1 unspecified atom stereocenters. The van der Waals surface area contributed by atoms with E-state index in [4.69, 9.17) is 5.11 Å². The molecular formula is C17H28O. The maximum absolute atomic E-state index is 9.08. The summed E-state index contributed by atoms with van der Waals surface area (Å²) in [5, 5.41) is 9.08. The van der Waals surface area contributed by atoms with E-state index >= 15 is 0 Å². The first-order chi connectivity index (χ1) is 8.15. The lowest BCUT2D eigenvalue weighted by atomic mass is 9.67. The van der Waals surface area contributed by atoms with E-state index in [0.717, 1.165) is 5.56 Å². The summed E-state index contributed by atoms with van der Waals surface area (Å²) in [7, 11) is 0. The molecular weight excluding hydrogens is 220 g/mol. The summed E-state index contributed by atoms with van der Waals surface area (Å²) in [5.41, 5.74) is 2.97. The fourth-order valence-corrected chi connectivity index (χ4v) is 2.88. The molecule has 1 nitrogen and oxygen atoms in total. The van der Waals surface area contributed by atoms with Crippen LogP contribution in [-0.4, -0.2) is 5.11 Å². The lowest BCUT2D eigenvalue weighted by Crippen LogP contribution is -2.26. The first-order valence-corrected chi connectivity index (χ1v) is 6.85. The maximum atomic E-state index is 9.08. The normalized spacial score (nSPS) is 14.6. The van der Waals surface area contributed by atoms with Gasteiger partial charge in [0.15, 0.2) is 0 Å². The predicted molar refractivity (Wildman–Crippen MR) is 78.6 cm³/mol. The molecule has 0 aromatic heterocycles. The maximum Gasteiger partial charge on any atom is 0.0681 e. The van der Waals surface area contributed by atoms with Crippen LogP contribution in [0.4, 0.5) is 0 Å². The molecule has 0 saturated carbocycles. The largest absolute Gasteiger partial charge is 0.392 e. The van der Waals surface area contributed by atoms with Gasteiger partial charge in [0.2, 0.25) is 0 Å². The Kier molecular flexibility index (Phi) is 4.61. The third kappa shape index (κ3) is 4.13. The summed E-state index contributed by atoms with van der Waals surface area (Å²) < 4.78 is 0. The summed E-state index contributed by atoms with van der Waals surface area (Å²) in [6.45, 7) is 14.0. The lowest BCUT2D eigenvalue weighted by Gasteiger charge is -2.38. The average molecular weight is 248 g/mol. The number of benzene rings is 1. The van der Waals surface area contributed by atoms with Crippen LogP contribution in [0.2, 0.25) is 0 Å². The molecule has 102 valence electrons. The van der Waals surface area contributed by atoms with Gasteiger partial charge in [0.1, 0.15) is 0 Å². The van der Waals surface area contributed by atoms with Crippen LogP contribution in [-0.2, 0) is 6.61 Å². The van der Waals surface area contributed by atoms with Gasteiger partial charge >= 0.3 is 0 Å². The molecule has 0 aliphatic heterocycles. The number of rotatable bonds is 4. The minimum Gasteiger partial charge on any atom is -0.392 e. The van der Waals surface area contributed by atoms with Crippen LogP contribution < -0.4 is 0 Å². The summed E-state index contributed by atoms with van der Waals surface area (Å²) in [6, 6.07) is 8.36. The molecule has 0 aliphatic carbocycles. The zero-order valence-corrected chi connectivity index (χ0v) is 12.7. The van der Waals surface area contributed by atoms with E-state index in [1.54, 1.807) is 0 Å². The fourth-order valence-electron chi connectivity index (χ4n) is 2.88. The Morgan fingerprint density at radius 3 is 1.89 bits per heavy atom. The van der Waals surface area contributed by atoms with E-state index in [9.17, 15) is 0 Å². The first-order valence-electron chi connectivity index (χ1n) is 6.85.